The van der Waals surface area contributed by atoms with Crippen molar-refractivity contribution in [2.75, 3.05) is 11.5 Å². The van der Waals surface area contributed by atoms with E-state index >= 15 is 0 Å². The summed E-state index contributed by atoms with van der Waals surface area (Å²) in [5.74, 6) is 4.30. The number of aryl methyl sites for hydroxylation is 2. The van der Waals surface area contributed by atoms with Crippen LogP contribution in [0.1, 0.15) is 5.69 Å². The van der Waals surface area contributed by atoms with Gasteiger partial charge in [0.15, 0.2) is 10.4 Å². The van der Waals surface area contributed by atoms with Gasteiger partial charge in [-0.1, -0.05) is 5.92 Å². The van der Waals surface area contributed by atoms with Crippen LogP contribution in [0, 0.1) is 24.0 Å². The van der Waals surface area contributed by atoms with E-state index in [0.717, 1.165) is 39.7 Å². The van der Waals surface area contributed by atoms with Crippen molar-refractivity contribution in [2.45, 2.75) is 13.5 Å². The number of imidazole rings is 1. The highest BCUT2D eigenvalue weighted by atomic mass is 32.2. The van der Waals surface area contributed by atoms with E-state index in [0.29, 0.717) is 0 Å². The van der Waals surface area contributed by atoms with Gasteiger partial charge in [0.1, 0.15) is 0 Å². The highest BCUT2D eigenvalue weighted by Gasteiger charge is 2.05. The average Bonchev–Trinajstić information content (AvgIpc) is 2.61. The molecule has 88 valence electrons. The molecule has 0 bridgehead atoms. The Balaban J connectivity index is 2.27. The van der Waals surface area contributed by atoms with Crippen LogP contribution in [-0.4, -0.2) is 26.0 Å². The summed E-state index contributed by atoms with van der Waals surface area (Å²) in [7, 11) is 0. The lowest BCUT2D eigenvalue weighted by molar-refractivity contribution is 0.773. The lowest BCUT2D eigenvalue weighted by atomic mass is 10.3. The summed E-state index contributed by atoms with van der Waals surface area (Å²) in [5, 5.41) is 0. The molecule has 1 N–H and O–H groups in total. The Hall–Kier alpha value is -1.25. The number of pyridine rings is 1. The number of aromatic nitrogens is 3. The molecule has 0 aliphatic heterocycles. The SMILES string of the molecule is C#CCSCCn1c(=S)[nH]c2ccc(C)nc21. The standard InChI is InChI=1S/C12H13N3S2/c1-3-7-17-8-6-15-11-10(14-12(15)16)5-4-9(2)13-11/h1,4-5H,6-8H2,2H3,(H,14,16). The van der Waals surface area contributed by atoms with Crippen LogP contribution in [0.15, 0.2) is 12.1 Å². The van der Waals surface area contributed by atoms with E-state index in [4.69, 9.17) is 18.6 Å². The highest BCUT2D eigenvalue weighted by Crippen LogP contribution is 2.13. The summed E-state index contributed by atoms with van der Waals surface area (Å²) in [6, 6.07) is 3.99. The van der Waals surface area contributed by atoms with Gasteiger partial charge in [-0.25, -0.2) is 4.98 Å². The first kappa shape index (κ1) is 12.2. The highest BCUT2D eigenvalue weighted by molar-refractivity contribution is 7.99. The van der Waals surface area contributed by atoms with E-state index in [1.165, 1.54) is 0 Å². The fourth-order valence-electron chi connectivity index (χ4n) is 1.62. The summed E-state index contributed by atoms with van der Waals surface area (Å²) < 4.78 is 2.75. The molecule has 5 heteroatoms. The Kier molecular flexibility index (Phi) is 3.87. The zero-order valence-corrected chi connectivity index (χ0v) is 11.2. The minimum Gasteiger partial charge on any atom is -0.329 e. The van der Waals surface area contributed by atoms with Gasteiger partial charge in [0.2, 0.25) is 0 Å². The van der Waals surface area contributed by atoms with Crippen LogP contribution >= 0.6 is 24.0 Å². The van der Waals surface area contributed by atoms with E-state index in [1.54, 1.807) is 11.8 Å². The maximum atomic E-state index is 5.29. The predicted octanol–water partition coefficient (Wildman–Crippen LogP) is 2.77. The third-order valence-electron chi connectivity index (χ3n) is 2.40. The molecule has 17 heavy (non-hydrogen) atoms. The minimum absolute atomic E-state index is 0.722. The number of rotatable bonds is 4. The fraction of sp³-hybridized carbons (Fsp3) is 0.333. The third kappa shape index (κ3) is 2.71. The molecule has 0 aromatic carbocycles. The van der Waals surface area contributed by atoms with Gasteiger partial charge in [0, 0.05) is 18.0 Å². The van der Waals surface area contributed by atoms with Crippen molar-refractivity contribution in [2.24, 2.45) is 0 Å². The van der Waals surface area contributed by atoms with Crippen LogP contribution in [0.3, 0.4) is 0 Å². The number of H-pyrrole nitrogens is 1. The first-order valence-corrected chi connectivity index (χ1v) is 6.86. The number of hydrogen-bond acceptors (Lipinski definition) is 3. The van der Waals surface area contributed by atoms with E-state index in [1.807, 2.05) is 23.6 Å². The summed E-state index contributed by atoms with van der Waals surface area (Å²) in [6.45, 7) is 2.81. The van der Waals surface area contributed by atoms with Crippen molar-refractivity contribution in [1.29, 1.82) is 0 Å². The van der Waals surface area contributed by atoms with Crippen molar-refractivity contribution in [3.8, 4) is 12.3 Å². The Morgan fingerprint density at radius 3 is 3.18 bits per heavy atom. The van der Waals surface area contributed by atoms with Gasteiger partial charge in [-0.05, 0) is 31.3 Å². The fourth-order valence-corrected chi connectivity index (χ4v) is 2.48. The first-order valence-electron chi connectivity index (χ1n) is 5.30. The molecule has 2 heterocycles. The van der Waals surface area contributed by atoms with Gasteiger partial charge in [-0.3, -0.25) is 0 Å². The van der Waals surface area contributed by atoms with E-state index in [9.17, 15) is 0 Å². The Labute approximate surface area is 110 Å². The smallest absolute Gasteiger partial charge is 0.179 e. The van der Waals surface area contributed by atoms with Gasteiger partial charge in [-0.2, -0.15) is 0 Å². The molecule has 2 aromatic heterocycles. The number of terminal acetylenes is 1. The largest absolute Gasteiger partial charge is 0.329 e. The molecular formula is C12H13N3S2. The van der Waals surface area contributed by atoms with Crippen LogP contribution in [0.5, 0.6) is 0 Å². The van der Waals surface area contributed by atoms with Crippen molar-refractivity contribution in [3.05, 3.63) is 22.6 Å². The maximum Gasteiger partial charge on any atom is 0.179 e. The van der Waals surface area contributed by atoms with Crippen LogP contribution in [0.4, 0.5) is 0 Å². The van der Waals surface area contributed by atoms with Crippen LogP contribution in [-0.2, 0) is 6.54 Å². The van der Waals surface area contributed by atoms with Crippen LogP contribution in [0.25, 0.3) is 11.2 Å². The molecule has 0 atom stereocenters. The molecule has 0 aliphatic carbocycles. The van der Waals surface area contributed by atoms with Crippen LogP contribution < -0.4 is 0 Å². The monoisotopic (exact) mass is 263 g/mol. The lowest BCUT2D eigenvalue weighted by Gasteiger charge is -2.02. The molecule has 0 amide bonds. The molecular weight excluding hydrogens is 250 g/mol. The summed E-state index contributed by atoms with van der Waals surface area (Å²) >= 11 is 7.02. The molecule has 0 fully saturated rings. The van der Waals surface area contributed by atoms with Crippen molar-refractivity contribution < 1.29 is 0 Å². The maximum absolute atomic E-state index is 5.29. The molecule has 0 aliphatic rings. The summed E-state index contributed by atoms with van der Waals surface area (Å²) in [6.07, 6.45) is 5.21. The van der Waals surface area contributed by atoms with Crippen molar-refractivity contribution in [1.82, 2.24) is 14.5 Å². The second kappa shape index (κ2) is 5.39. The van der Waals surface area contributed by atoms with Gasteiger partial charge >= 0.3 is 0 Å². The zero-order chi connectivity index (χ0) is 12.3. The second-order valence-electron chi connectivity index (χ2n) is 3.66. The van der Waals surface area contributed by atoms with Crippen molar-refractivity contribution in [3.63, 3.8) is 0 Å². The number of fused-ring (bicyclic) bond motifs is 1. The number of nitrogens with one attached hydrogen (secondary N) is 1. The van der Waals surface area contributed by atoms with Crippen LogP contribution in [0.2, 0.25) is 0 Å². The Morgan fingerprint density at radius 1 is 1.59 bits per heavy atom. The number of nitrogens with zero attached hydrogens (tertiary/aromatic N) is 2. The molecule has 0 saturated heterocycles. The average molecular weight is 263 g/mol. The van der Waals surface area contributed by atoms with Gasteiger partial charge < -0.3 is 9.55 Å². The third-order valence-corrected chi connectivity index (χ3v) is 3.57. The molecule has 3 nitrogen and oxygen atoms in total. The predicted molar refractivity (Wildman–Crippen MR) is 75.8 cm³/mol. The Morgan fingerprint density at radius 2 is 2.41 bits per heavy atom. The van der Waals surface area contributed by atoms with E-state index in [2.05, 4.69) is 15.9 Å². The normalized spacial score (nSPS) is 10.6. The summed E-state index contributed by atoms with van der Waals surface area (Å²) in [5.41, 5.74) is 2.91. The number of thioether (sulfide) groups is 1. The molecule has 0 unspecified atom stereocenters. The molecule has 0 radical (unpaired) electrons. The topological polar surface area (TPSA) is 33.6 Å². The minimum atomic E-state index is 0.722. The quantitative estimate of drug-likeness (QED) is 0.523. The van der Waals surface area contributed by atoms with Gasteiger partial charge in [0.25, 0.3) is 0 Å². The van der Waals surface area contributed by atoms with Gasteiger partial charge in [-0.15, -0.1) is 18.2 Å². The molecule has 2 rings (SSSR count). The summed E-state index contributed by atoms with van der Waals surface area (Å²) in [4.78, 5) is 7.67. The molecule has 0 saturated carbocycles. The van der Waals surface area contributed by atoms with E-state index in [-0.39, 0.29) is 0 Å². The lowest BCUT2D eigenvalue weighted by Crippen LogP contribution is -2.02. The van der Waals surface area contributed by atoms with Crippen molar-refractivity contribution >= 4 is 35.1 Å². The second-order valence-corrected chi connectivity index (χ2v) is 5.15. The molecule has 2 aromatic rings. The van der Waals surface area contributed by atoms with Gasteiger partial charge in [0.05, 0.1) is 11.3 Å². The Bertz CT molecular complexity index is 619. The number of aromatic amines is 1. The zero-order valence-electron chi connectivity index (χ0n) is 9.56. The van der Waals surface area contributed by atoms with E-state index < -0.39 is 0 Å². The first-order chi connectivity index (χ1) is 8.22. The molecule has 0 spiro atoms. The number of hydrogen-bond donors (Lipinski definition) is 1.